The number of carbonyl (C=O) groups is 1. The maximum atomic E-state index is 13.8. The number of ether oxygens (including phenoxy) is 3. The van der Waals surface area contributed by atoms with E-state index in [9.17, 15) is 4.79 Å². The average molecular weight is 418 g/mol. The number of hydrogen-bond donors (Lipinski definition) is 0. The van der Waals surface area contributed by atoms with Gasteiger partial charge in [0, 0.05) is 5.69 Å². The Labute approximate surface area is 183 Å². The Bertz CT molecular complexity index is 1070. The lowest BCUT2D eigenvalue weighted by Gasteiger charge is -2.25. The van der Waals surface area contributed by atoms with Gasteiger partial charge in [0.05, 0.1) is 33.3 Å². The number of anilines is 1. The standard InChI is InChI=1S/C26H27NO4/c1-26(16-19-14-22(29-2)24(31-4)23(15-19)30-3)20-12-8-9-13-21(20)27(25(26)28)17-18-10-6-5-7-11-18/h5-15H,16-17H2,1-4H3/t26-/m1/s1. The monoisotopic (exact) mass is 417 g/mol. The molecular formula is C26H27NO4. The second-order valence-electron chi connectivity index (χ2n) is 7.94. The van der Waals surface area contributed by atoms with Crippen molar-refractivity contribution in [3.63, 3.8) is 0 Å². The fourth-order valence-electron chi connectivity index (χ4n) is 4.44. The van der Waals surface area contributed by atoms with Gasteiger partial charge in [-0.2, -0.15) is 0 Å². The molecule has 0 aliphatic carbocycles. The van der Waals surface area contributed by atoms with Gasteiger partial charge >= 0.3 is 0 Å². The van der Waals surface area contributed by atoms with Gasteiger partial charge in [-0.1, -0.05) is 48.5 Å². The number of nitrogens with zero attached hydrogens (tertiary/aromatic N) is 1. The Morgan fingerprint density at radius 1 is 0.806 bits per heavy atom. The molecule has 1 amide bonds. The third kappa shape index (κ3) is 3.61. The van der Waals surface area contributed by atoms with Gasteiger partial charge in [0.25, 0.3) is 0 Å². The molecule has 1 atom stereocenters. The van der Waals surface area contributed by atoms with Gasteiger partial charge in [0.1, 0.15) is 0 Å². The first-order valence-corrected chi connectivity index (χ1v) is 10.3. The van der Waals surface area contributed by atoms with Crippen LogP contribution in [0, 0.1) is 0 Å². The normalized spacial score (nSPS) is 17.4. The van der Waals surface area contributed by atoms with E-state index in [1.807, 2.05) is 72.5 Å². The zero-order valence-corrected chi connectivity index (χ0v) is 18.3. The molecular weight excluding hydrogens is 390 g/mol. The van der Waals surface area contributed by atoms with E-state index < -0.39 is 5.41 Å². The van der Waals surface area contributed by atoms with E-state index >= 15 is 0 Å². The summed E-state index contributed by atoms with van der Waals surface area (Å²) in [6.07, 6.45) is 0.519. The van der Waals surface area contributed by atoms with E-state index in [4.69, 9.17) is 14.2 Å². The number of rotatable bonds is 7. The quantitative estimate of drug-likeness (QED) is 0.556. The van der Waals surface area contributed by atoms with Crippen LogP contribution in [-0.2, 0) is 23.2 Å². The summed E-state index contributed by atoms with van der Waals surface area (Å²) in [5, 5.41) is 0. The van der Waals surface area contributed by atoms with Crippen LogP contribution in [0.1, 0.15) is 23.6 Å². The van der Waals surface area contributed by atoms with Gasteiger partial charge in [-0.25, -0.2) is 0 Å². The predicted octanol–water partition coefficient (Wildman–Crippen LogP) is 4.76. The summed E-state index contributed by atoms with van der Waals surface area (Å²) in [6, 6.07) is 22.0. The summed E-state index contributed by atoms with van der Waals surface area (Å²) in [6.45, 7) is 2.56. The topological polar surface area (TPSA) is 48.0 Å². The molecule has 31 heavy (non-hydrogen) atoms. The maximum Gasteiger partial charge on any atom is 0.238 e. The minimum absolute atomic E-state index is 0.0892. The summed E-state index contributed by atoms with van der Waals surface area (Å²) >= 11 is 0. The number of para-hydroxylation sites is 1. The van der Waals surface area contributed by atoms with Crippen molar-refractivity contribution in [2.75, 3.05) is 26.2 Å². The van der Waals surface area contributed by atoms with E-state index in [-0.39, 0.29) is 5.91 Å². The Morgan fingerprint density at radius 3 is 2.03 bits per heavy atom. The van der Waals surface area contributed by atoms with Gasteiger partial charge in [-0.15, -0.1) is 0 Å². The van der Waals surface area contributed by atoms with Crippen LogP contribution in [0.5, 0.6) is 17.2 Å². The van der Waals surface area contributed by atoms with Crippen molar-refractivity contribution in [3.05, 3.63) is 83.4 Å². The summed E-state index contributed by atoms with van der Waals surface area (Å²) in [5.74, 6) is 1.80. The van der Waals surface area contributed by atoms with Gasteiger partial charge < -0.3 is 19.1 Å². The third-order valence-electron chi connectivity index (χ3n) is 5.97. The summed E-state index contributed by atoms with van der Waals surface area (Å²) in [7, 11) is 4.78. The number of methoxy groups -OCH3 is 3. The minimum atomic E-state index is -0.698. The lowest BCUT2D eigenvalue weighted by atomic mass is 9.78. The Hall–Kier alpha value is -3.47. The van der Waals surface area contributed by atoms with Crippen LogP contribution in [0.15, 0.2) is 66.7 Å². The molecule has 1 heterocycles. The lowest BCUT2D eigenvalue weighted by Crippen LogP contribution is -2.39. The molecule has 5 heteroatoms. The second kappa shape index (κ2) is 8.34. The van der Waals surface area contributed by atoms with Crippen LogP contribution in [0.25, 0.3) is 0 Å². The number of hydrogen-bond acceptors (Lipinski definition) is 4. The first-order valence-electron chi connectivity index (χ1n) is 10.3. The molecule has 1 aliphatic rings. The van der Waals surface area contributed by atoms with Crippen molar-refractivity contribution in [2.24, 2.45) is 0 Å². The van der Waals surface area contributed by atoms with E-state index in [1.165, 1.54) is 0 Å². The average Bonchev–Trinajstić information content (AvgIpc) is 3.01. The molecule has 0 radical (unpaired) electrons. The molecule has 0 saturated heterocycles. The molecule has 0 unspecified atom stereocenters. The van der Waals surface area contributed by atoms with Crippen LogP contribution in [0.4, 0.5) is 5.69 Å². The van der Waals surface area contributed by atoms with E-state index in [1.54, 1.807) is 21.3 Å². The van der Waals surface area contributed by atoms with Crippen LogP contribution < -0.4 is 19.1 Å². The van der Waals surface area contributed by atoms with Gasteiger partial charge in [0.2, 0.25) is 11.7 Å². The predicted molar refractivity (Wildman–Crippen MR) is 121 cm³/mol. The number of amides is 1. The largest absolute Gasteiger partial charge is 0.493 e. The highest BCUT2D eigenvalue weighted by molar-refractivity contribution is 6.08. The summed E-state index contributed by atoms with van der Waals surface area (Å²) in [5.41, 5.74) is 3.34. The molecule has 3 aromatic rings. The van der Waals surface area contributed by atoms with Gasteiger partial charge in [-0.3, -0.25) is 4.79 Å². The first kappa shape index (κ1) is 20.8. The highest BCUT2D eigenvalue weighted by atomic mass is 16.5. The number of benzene rings is 3. The molecule has 0 saturated carbocycles. The highest BCUT2D eigenvalue weighted by Crippen LogP contribution is 2.46. The molecule has 4 rings (SSSR count). The molecule has 160 valence electrons. The van der Waals surface area contributed by atoms with Crippen molar-refractivity contribution in [3.8, 4) is 17.2 Å². The van der Waals surface area contributed by atoms with E-state index in [0.29, 0.717) is 30.2 Å². The molecule has 0 aromatic heterocycles. The lowest BCUT2D eigenvalue weighted by molar-refractivity contribution is -0.122. The Kier molecular flexibility index (Phi) is 5.59. The highest BCUT2D eigenvalue weighted by Gasteiger charge is 2.47. The molecule has 0 N–H and O–H groups in total. The smallest absolute Gasteiger partial charge is 0.238 e. The second-order valence-corrected chi connectivity index (χ2v) is 7.94. The van der Waals surface area contributed by atoms with E-state index in [0.717, 1.165) is 22.4 Å². The Morgan fingerprint density at radius 2 is 1.42 bits per heavy atom. The molecule has 0 spiro atoms. The van der Waals surface area contributed by atoms with Crippen LogP contribution >= 0.6 is 0 Å². The molecule has 1 aliphatic heterocycles. The summed E-state index contributed by atoms with van der Waals surface area (Å²) in [4.78, 5) is 15.7. The zero-order valence-electron chi connectivity index (χ0n) is 18.3. The minimum Gasteiger partial charge on any atom is -0.493 e. The third-order valence-corrected chi connectivity index (χ3v) is 5.97. The number of fused-ring (bicyclic) bond motifs is 1. The number of carbonyl (C=O) groups excluding carboxylic acids is 1. The fourth-order valence-corrected chi connectivity index (χ4v) is 4.44. The summed E-state index contributed by atoms with van der Waals surface area (Å²) < 4.78 is 16.5. The van der Waals surface area contributed by atoms with Gasteiger partial charge in [-0.05, 0) is 48.2 Å². The van der Waals surface area contributed by atoms with Crippen molar-refractivity contribution in [2.45, 2.75) is 25.3 Å². The fraction of sp³-hybridized carbons (Fsp3) is 0.269. The van der Waals surface area contributed by atoms with Crippen LogP contribution in [0.3, 0.4) is 0 Å². The molecule has 3 aromatic carbocycles. The van der Waals surface area contributed by atoms with E-state index in [2.05, 4.69) is 6.07 Å². The van der Waals surface area contributed by atoms with Crippen LogP contribution in [-0.4, -0.2) is 27.2 Å². The van der Waals surface area contributed by atoms with Crippen molar-refractivity contribution >= 4 is 11.6 Å². The molecule has 0 fully saturated rings. The zero-order chi connectivity index (χ0) is 22.0. The first-order chi connectivity index (χ1) is 15.0. The van der Waals surface area contributed by atoms with Crippen molar-refractivity contribution in [1.29, 1.82) is 0 Å². The maximum absolute atomic E-state index is 13.8. The van der Waals surface area contributed by atoms with Crippen molar-refractivity contribution < 1.29 is 19.0 Å². The van der Waals surface area contributed by atoms with Crippen LogP contribution in [0.2, 0.25) is 0 Å². The molecule has 5 nitrogen and oxygen atoms in total. The molecule has 0 bridgehead atoms. The van der Waals surface area contributed by atoms with Gasteiger partial charge in [0.15, 0.2) is 11.5 Å². The Balaban J connectivity index is 1.74. The SMILES string of the molecule is COc1cc(C[C@@]2(C)C(=O)N(Cc3ccccc3)c3ccccc32)cc(OC)c1OC. The van der Waals surface area contributed by atoms with Crippen molar-refractivity contribution in [1.82, 2.24) is 0 Å².